The number of nitrogens with zero attached hydrogens (tertiary/aromatic N) is 3. The molecule has 56 heavy (non-hydrogen) atoms. The molecule has 0 saturated heterocycles. The molecule has 3 heteroatoms. The Morgan fingerprint density at radius 2 is 1.20 bits per heavy atom. The van der Waals surface area contributed by atoms with Crippen molar-refractivity contribution in [2.75, 3.05) is 0 Å². The van der Waals surface area contributed by atoms with Gasteiger partial charge in [0.25, 0.3) is 0 Å². The number of hydrogen-bond donors (Lipinski definition) is 0. The first-order valence-electron chi connectivity index (χ1n) is 22.6. The fourth-order valence-corrected chi connectivity index (χ4v) is 17.5. The fourth-order valence-electron chi connectivity index (χ4n) is 17.5. The molecule has 1 spiro atoms. The normalized spacial score (nSPS) is 34.8. The minimum atomic E-state index is -0.140. The first-order valence-corrected chi connectivity index (χ1v) is 22.6. The standard InChI is InChI=1S/C53H49N3/c1-51(2)37-8-6-5-7-32(37)33-18-39-34(19-38(33)51)35-17-36-44-40(22-54-48-27-12-24-9-25(13-27)11-26(10-24)42(44)48)56-41-23-55-49-29-15-31-16-30-14-28(20-53(30,31)21-29)43(49)45(41)46(50(36)56)47(35)52(39,3)4/h5-8,17-19,22-31H,9-16,20-21H2,1-4H3. The van der Waals surface area contributed by atoms with Crippen LogP contribution in [-0.4, -0.2) is 14.4 Å². The van der Waals surface area contributed by atoms with Crippen molar-refractivity contribution in [1.82, 2.24) is 14.4 Å². The molecular formula is C53H49N3. The molecule has 0 aliphatic heterocycles. The Hall–Kier alpha value is -4.24. The maximum Gasteiger partial charge on any atom is 0.0728 e. The quantitative estimate of drug-likeness (QED) is 0.156. The number of aromatic nitrogens is 3. The van der Waals surface area contributed by atoms with Crippen molar-refractivity contribution >= 4 is 38.1 Å². The largest absolute Gasteiger partial charge is 0.305 e. The first kappa shape index (κ1) is 29.9. The van der Waals surface area contributed by atoms with Crippen molar-refractivity contribution in [2.45, 2.75) is 126 Å². The molecule has 0 amide bonds. The SMILES string of the molecule is CC1(C)c2ccccc2-c2cc3c(cc21)-c1cc2c4c5c(ncc4n4c6cnc7c(c6c(c1C3(C)C)c24)C1CC2CC3CC7CC32C1)C1CC2CC(C1)CC5C2. The highest BCUT2D eigenvalue weighted by Gasteiger charge is 2.66. The third-order valence-corrected chi connectivity index (χ3v) is 19.4. The van der Waals surface area contributed by atoms with Crippen molar-refractivity contribution in [1.29, 1.82) is 0 Å². The van der Waals surface area contributed by atoms with Crippen LogP contribution < -0.4 is 0 Å². The van der Waals surface area contributed by atoms with Crippen molar-refractivity contribution in [3.05, 3.63) is 99.6 Å². The van der Waals surface area contributed by atoms with Gasteiger partial charge in [0, 0.05) is 55.6 Å². The van der Waals surface area contributed by atoms with Crippen LogP contribution in [0.3, 0.4) is 0 Å². The van der Waals surface area contributed by atoms with Crippen molar-refractivity contribution in [3.8, 4) is 22.3 Å². The van der Waals surface area contributed by atoms with E-state index < -0.39 is 0 Å². The fraction of sp³-hybridized carbons (Fsp3) is 0.472. The summed E-state index contributed by atoms with van der Waals surface area (Å²) in [4.78, 5) is 11.2. The molecule has 7 aromatic rings. The summed E-state index contributed by atoms with van der Waals surface area (Å²) in [5, 5.41) is 6.20. The van der Waals surface area contributed by atoms with E-state index in [9.17, 15) is 0 Å². The lowest BCUT2D eigenvalue weighted by molar-refractivity contribution is 0.00321. The molecular weight excluding hydrogens is 679 g/mol. The molecule has 276 valence electrons. The molecule has 10 aliphatic rings. The molecule has 7 unspecified atom stereocenters. The molecule has 0 radical (unpaired) electrons. The maximum atomic E-state index is 5.63. The van der Waals surface area contributed by atoms with Gasteiger partial charge in [0.05, 0.1) is 28.9 Å². The van der Waals surface area contributed by atoms with Gasteiger partial charge < -0.3 is 4.40 Å². The first-order chi connectivity index (χ1) is 27.2. The summed E-state index contributed by atoms with van der Waals surface area (Å²) in [7, 11) is 0. The Morgan fingerprint density at radius 1 is 0.554 bits per heavy atom. The van der Waals surface area contributed by atoms with E-state index in [4.69, 9.17) is 9.97 Å². The smallest absolute Gasteiger partial charge is 0.0728 e. The molecule has 0 N–H and O–H groups in total. The third kappa shape index (κ3) is 2.99. The number of pyridine rings is 2. The minimum absolute atomic E-state index is 0.0277. The highest BCUT2D eigenvalue weighted by molar-refractivity contribution is 6.28. The number of fused-ring (bicyclic) bond motifs is 19. The van der Waals surface area contributed by atoms with Gasteiger partial charge in [-0.1, -0.05) is 52.0 Å². The summed E-state index contributed by atoms with van der Waals surface area (Å²) >= 11 is 0. The lowest BCUT2D eigenvalue weighted by atomic mass is 9.56. The zero-order valence-corrected chi connectivity index (χ0v) is 33.2. The zero-order chi connectivity index (χ0) is 36.5. The van der Waals surface area contributed by atoms with Crippen LogP contribution in [0, 0.1) is 29.1 Å². The van der Waals surface area contributed by atoms with Gasteiger partial charge >= 0.3 is 0 Å². The molecule has 4 heterocycles. The van der Waals surface area contributed by atoms with Crippen LogP contribution in [0.4, 0.5) is 0 Å². The monoisotopic (exact) mass is 727 g/mol. The predicted molar refractivity (Wildman–Crippen MR) is 225 cm³/mol. The van der Waals surface area contributed by atoms with Crippen LogP contribution in [0.15, 0.2) is 54.9 Å². The van der Waals surface area contributed by atoms with Crippen LogP contribution in [0.25, 0.3) is 60.3 Å². The second kappa shape index (κ2) is 8.91. The van der Waals surface area contributed by atoms with Crippen LogP contribution in [0.5, 0.6) is 0 Å². The predicted octanol–water partition coefficient (Wildman–Crippen LogP) is 13.0. The van der Waals surface area contributed by atoms with Gasteiger partial charge in [0.15, 0.2) is 0 Å². The summed E-state index contributed by atoms with van der Waals surface area (Å²) < 4.78 is 2.72. The van der Waals surface area contributed by atoms with Crippen LogP contribution in [-0.2, 0) is 10.8 Å². The summed E-state index contributed by atoms with van der Waals surface area (Å²) in [6.45, 7) is 10.0. The summed E-state index contributed by atoms with van der Waals surface area (Å²) in [6.07, 6.45) is 18.6. The molecule has 7 atom stereocenters. The molecule has 5 fully saturated rings. The van der Waals surface area contributed by atoms with Gasteiger partial charge in [-0.2, -0.15) is 0 Å². The van der Waals surface area contributed by atoms with Gasteiger partial charge in [-0.15, -0.1) is 0 Å². The van der Waals surface area contributed by atoms with E-state index in [-0.39, 0.29) is 10.8 Å². The van der Waals surface area contributed by atoms with Crippen LogP contribution >= 0.6 is 0 Å². The van der Waals surface area contributed by atoms with Gasteiger partial charge in [-0.05, 0) is 179 Å². The van der Waals surface area contributed by atoms with E-state index in [1.165, 1.54) is 136 Å². The minimum Gasteiger partial charge on any atom is -0.305 e. The van der Waals surface area contributed by atoms with Gasteiger partial charge in [-0.25, -0.2) is 0 Å². The second-order valence-electron chi connectivity index (χ2n) is 22.2. The molecule has 7 bridgehead atoms. The van der Waals surface area contributed by atoms with Crippen LogP contribution in [0.2, 0.25) is 0 Å². The molecule has 3 nitrogen and oxygen atoms in total. The third-order valence-electron chi connectivity index (χ3n) is 19.4. The van der Waals surface area contributed by atoms with Crippen molar-refractivity contribution in [2.24, 2.45) is 29.1 Å². The van der Waals surface area contributed by atoms with Gasteiger partial charge in [0.1, 0.15) is 0 Å². The topological polar surface area (TPSA) is 30.2 Å². The Morgan fingerprint density at radius 3 is 2.00 bits per heavy atom. The second-order valence-corrected chi connectivity index (χ2v) is 22.2. The number of benzene rings is 3. The van der Waals surface area contributed by atoms with Crippen molar-refractivity contribution < 1.29 is 0 Å². The number of hydrogen-bond acceptors (Lipinski definition) is 2. The molecule has 17 rings (SSSR count). The lowest BCUT2D eigenvalue weighted by Crippen LogP contribution is -2.41. The average molecular weight is 728 g/mol. The Labute approximate surface area is 328 Å². The lowest BCUT2D eigenvalue weighted by Gasteiger charge is -2.48. The summed E-state index contributed by atoms with van der Waals surface area (Å²) in [5.74, 6) is 6.19. The Balaban J connectivity index is 1.08. The van der Waals surface area contributed by atoms with E-state index in [1.54, 1.807) is 32.8 Å². The molecule has 5 saturated carbocycles. The molecule has 3 aromatic carbocycles. The molecule has 4 aromatic heterocycles. The van der Waals surface area contributed by atoms with E-state index in [0.717, 1.165) is 23.7 Å². The van der Waals surface area contributed by atoms with E-state index >= 15 is 0 Å². The zero-order valence-electron chi connectivity index (χ0n) is 33.2. The summed E-state index contributed by atoms with van der Waals surface area (Å²) in [6, 6.07) is 17.2. The summed E-state index contributed by atoms with van der Waals surface area (Å²) in [5.41, 5.74) is 22.9. The Bertz CT molecular complexity index is 3050. The molecule has 10 aliphatic carbocycles. The average Bonchev–Trinajstić information content (AvgIpc) is 3.93. The van der Waals surface area contributed by atoms with E-state index in [2.05, 4.69) is 87.0 Å². The van der Waals surface area contributed by atoms with E-state index in [1.807, 2.05) is 0 Å². The maximum absolute atomic E-state index is 5.63. The Kier molecular flexibility index (Phi) is 4.76. The van der Waals surface area contributed by atoms with Gasteiger partial charge in [0.2, 0.25) is 0 Å². The van der Waals surface area contributed by atoms with Gasteiger partial charge in [-0.3, -0.25) is 9.97 Å². The highest BCUT2D eigenvalue weighted by atomic mass is 15.0. The van der Waals surface area contributed by atoms with E-state index in [0.29, 0.717) is 29.1 Å². The number of rotatable bonds is 0. The highest BCUT2D eigenvalue weighted by Crippen LogP contribution is 2.76. The van der Waals surface area contributed by atoms with Crippen molar-refractivity contribution in [3.63, 3.8) is 0 Å². The van der Waals surface area contributed by atoms with Crippen LogP contribution in [0.1, 0.15) is 160 Å².